The Morgan fingerprint density at radius 1 is 1.25 bits per heavy atom. The lowest BCUT2D eigenvalue weighted by atomic mass is 10.2. The minimum absolute atomic E-state index is 0.285. The number of aromatic nitrogens is 2. The molecule has 1 aromatic carbocycles. The molecule has 2 rings (SSSR count). The van der Waals surface area contributed by atoms with Gasteiger partial charge in [0.2, 0.25) is 11.8 Å². The Balaban J connectivity index is 2.25. The number of nitrogens with one attached hydrogen (secondary N) is 1. The first kappa shape index (κ1) is 14.9. The van der Waals surface area contributed by atoms with Gasteiger partial charge in [-0.2, -0.15) is 4.98 Å². The Morgan fingerprint density at radius 3 is 2.80 bits per heavy atom. The summed E-state index contributed by atoms with van der Waals surface area (Å²) in [5, 5.41) is 3.93. The molecule has 0 saturated heterocycles. The van der Waals surface area contributed by atoms with E-state index in [4.69, 9.17) is 27.9 Å². The van der Waals surface area contributed by atoms with Crippen LogP contribution < -0.4 is 10.1 Å². The molecule has 0 amide bonds. The fourth-order valence-electron chi connectivity index (χ4n) is 1.54. The predicted octanol–water partition coefficient (Wildman–Crippen LogP) is 4.71. The van der Waals surface area contributed by atoms with Gasteiger partial charge >= 0.3 is 0 Å². The number of rotatable bonds is 5. The van der Waals surface area contributed by atoms with Crippen molar-refractivity contribution in [1.29, 1.82) is 0 Å². The van der Waals surface area contributed by atoms with Gasteiger partial charge in [-0.15, -0.1) is 0 Å². The SMILES string of the molecule is CCCNc1ncc(Cl)c(Oc2cc(C)ccc2Cl)n1. The summed E-state index contributed by atoms with van der Waals surface area (Å²) in [6, 6.07) is 5.52. The summed E-state index contributed by atoms with van der Waals surface area (Å²) < 4.78 is 5.69. The standard InChI is InChI=1S/C14H15Cl2N3O/c1-3-6-17-14-18-8-11(16)13(19-14)20-12-7-9(2)4-5-10(12)15/h4-5,7-8H,3,6H2,1-2H3,(H,17,18,19). The summed E-state index contributed by atoms with van der Waals surface area (Å²) in [5.41, 5.74) is 1.04. The quantitative estimate of drug-likeness (QED) is 0.869. The molecule has 0 fully saturated rings. The summed E-state index contributed by atoms with van der Waals surface area (Å²) in [6.07, 6.45) is 2.48. The first-order valence-corrected chi connectivity index (χ1v) is 7.06. The molecule has 106 valence electrons. The van der Waals surface area contributed by atoms with Crippen molar-refractivity contribution in [2.24, 2.45) is 0 Å². The van der Waals surface area contributed by atoms with Crippen LogP contribution in [-0.2, 0) is 0 Å². The van der Waals surface area contributed by atoms with E-state index in [9.17, 15) is 0 Å². The van der Waals surface area contributed by atoms with Crippen molar-refractivity contribution in [3.8, 4) is 11.6 Å². The molecule has 0 unspecified atom stereocenters. The highest BCUT2D eigenvalue weighted by atomic mass is 35.5. The fraction of sp³-hybridized carbons (Fsp3) is 0.286. The Morgan fingerprint density at radius 2 is 2.05 bits per heavy atom. The molecule has 20 heavy (non-hydrogen) atoms. The van der Waals surface area contributed by atoms with Crippen molar-refractivity contribution in [1.82, 2.24) is 9.97 Å². The number of nitrogens with zero attached hydrogens (tertiary/aromatic N) is 2. The van der Waals surface area contributed by atoms with Crippen LogP contribution in [-0.4, -0.2) is 16.5 Å². The third-order valence-electron chi connectivity index (χ3n) is 2.54. The summed E-state index contributed by atoms with van der Waals surface area (Å²) in [7, 11) is 0. The van der Waals surface area contributed by atoms with Crippen molar-refractivity contribution in [2.75, 3.05) is 11.9 Å². The number of hydrogen-bond donors (Lipinski definition) is 1. The monoisotopic (exact) mass is 311 g/mol. The van der Waals surface area contributed by atoms with E-state index in [-0.39, 0.29) is 5.88 Å². The highest BCUT2D eigenvalue weighted by Crippen LogP contribution is 2.32. The van der Waals surface area contributed by atoms with Gasteiger partial charge in [-0.05, 0) is 31.0 Å². The second-order valence-corrected chi connectivity index (χ2v) is 5.12. The smallest absolute Gasteiger partial charge is 0.243 e. The maximum absolute atomic E-state index is 6.09. The van der Waals surface area contributed by atoms with E-state index in [2.05, 4.69) is 22.2 Å². The zero-order valence-corrected chi connectivity index (χ0v) is 12.8. The molecule has 1 N–H and O–H groups in total. The van der Waals surface area contributed by atoms with Crippen molar-refractivity contribution >= 4 is 29.2 Å². The van der Waals surface area contributed by atoms with E-state index >= 15 is 0 Å². The van der Waals surface area contributed by atoms with Crippen molar-refractivity contribution in [3.63, 3.8) is 0 Å². The zero-order valence-electron chi connectivity index (χ0n) is 11.3. The molecule has 1 heterocycles. The van der Waals surface area contributed by atoms with E-state index in [0.29, 0.717) is 21.7 Å². The Bertz CT molecular complexity index is 605. The van der Waals surface area contributed by atoms with Crippen LogP contribution in [0, 0.1) is 6.92 Å². The minimum atomic E-state index is 0.285. The summed E-state index contributed by atoms with van der Waals surface area (Å²) in [6.45, 7) is 4.80. The van der Waals surface area contributed by atoms with E-state index in [0.717, 1.165) is 18.5 Å². The maximum Gasteiger partial charge on any atom is 0.243 e. The topological polar surface area (TPSA) is 47.0 Å². The molecule has 4 nitrogen and oxygen atoms in total. The van der Waals surface area contributed by atoms with E-state index < -0.39 is 0 Å². The molecule has 0 saturated carbocycles. The molecule has 0 aliphatic heterocycles. The van der Waals surface area contributed by atoms with Crippen LogP contribution in [0.5, 0.6) is 11.6 Å². The molecule has 0 radical (unpaired) electrons. The van der Waals surface area contributed by atoms with Gasteiger partial charge in [0.25, 0.3) is 0 Å². The molecule has 0 atom stereocenters. The number of aryl methyl sites for hydroxylation is 1. The van der Waals surface area contributed by atoms with Crippen LogP contribution in [0.15, 0.2) is 24.4 Å². The zero-order chi connectivity index (χ0) is 14.5. The van der Waals surface area contributed by atoms with Gasteiger partial charge in [0.15, 0.2) is 0 Å². The predicted molar refractivity (Wildman–Crippen MR) is 82.1 cm³/mol. The number of benzene rings is 1. The van der Waals surface area contributed by atoms with Gasteiger partial charge < -0.3 is 10.1 Å². The van der Waals surface area contributed by atoms with Crippen LogP contribution in [0.2, 0.25) is 10.0 Å². The molecule has 0 spiro atoms. The molecule has 1 aromatic heterocycles. The highest BCUT2D eigenvalue weighted by Gasteiger charge is 2.10. The second-order valence-electron chi connectivity index (χ2n) is 4.31. The van der Waals surface area contributed by atoms with Gasteiger partial charge in [0.1, 0.15) is 10.8 Å². The molecule has 0 bridgehead atoms. The lowest BCUT2D eigenvalue weighted by Crippen LogP contribution is -2.05. The first-order chi connectivity index (χ1) is 9.60. The van der Waals surface area contributed by atoms with E-state index in [1.165, 1.54) is 6.20 Å². The second kappa shape index (κ2) is 6.77. The third kappa shape index (κ3) is 3.74. The maximum atomic E-state index is 6.09. The van der Waals surface area contributed by atoms with Crippen molar-refractivity contribution in [2.45, 2.75) is 20.3 Å². The summed E-state index contributed by atoms with van der Waals surface area (Å²) >= 11 is 12.1. The van der Waals surface area contributed by atoms with E-state index in [1.54, 1.807) is 6.07 Å². The average molecular weight is 312 g/mol. The fourth-order valence-corrected chi connectivity index (χ4v) is 1.82. The van der Waals surface area contributed by atoms with Crippen LogP contribution in [0.3, 0.4) is 0 Å². The highest BCUT2D eigenvalue weighted by molar-refractivity contribution is 6.32. The lowest BCUT2D eigenvalue weighted by Gasteiger charge is -2.10. The lowest BCUT2D eigenvalue weighted by molar-refractivity contribution is 0.462. The van der Waals surface area contributed by atoms with Crippen LogP contribution in [0.25, 0.3) is 0 Å². The van der Waals surface area contributed by atoms with Crippen LogP contribution >= 0.6 is 23.2 Å². The van der Waals surface area contributed by atoms with Gasteiger partial charge in [-0.1, -0.05) is 36.2 Å². The normalized spacial score (nSPS) is 10.4. The Kier molecular flexibility index (Phi) is 5.04. The van der Waals surface area contributed by atoms with Gasteiger partial charge in [0.05, 0.1) is 11.2 Å². The number of ether oxygens (including phenoxy) is 1. The number of hydrogen-bond acceptors (Lipinski definition) is 4. The van der Waals surface area contributed by atoms with Gasteiger partial charge in [-0.25, -0.2) is 4.98 Å². The molecular formula is C14H15Cl2N3O. The van der Waals surface area contributed by atoms with Crippen LogP contribution in [0.4, 0.5) is 5.95 Å². The van der Waals surface area contributed by atoms with Gasteiger partial charge in [0, 0.05) is 6.54 Å². The third-order valence-corrected chi connectivity index (χ3v) is 3.11. The number of halogens is 2. The first-order valence-electron chi connectivity index (χ1n) is 6.30. The average Bonchev–Trinajstić information content (AvgIpc) is 2.43. The largest absolute Gasteiger partial charge is 0.436 e. The summed E-state index contributed by atoms with van der Waals surface area (Å²) in [5.74, 6) is 1.29. The molecular weight excluding hydrogens is 297 g/mol. The number of anilines is 1. The Hall–Kier alpha value is -1.52. The van der Waals surface area contributed by atoms with Gasteiger partial charge in [-0.3, -0.25) is 0 Å². The van der Waals surface area contributed by atoms with E-state index in [1.807, 2.05) is 19.1 Å². The molecule has 0 aliphatic rings. The molecule has 0 aliphatic carbocycles. The summed E-state index contributed by atoms with van der Waals surface area (Å²) in [4.78, 5) is 8.33. The molecule has 6 heteroatoms. The Labute approximate surface area is 128 Å². The van der Waals surface area contributed by atoms with Crippen molar-refractivity contribution in [3.05, 3.63) is 40.0 Å². The van der Waals surface area contributed by atoms with Crippen molar-refractivity contribution < 1.29 is 4.74 Å². The molecule has 2 aromatic rings. The van der Waals surface area contributed by atoms with Crippen LogP contribution in [0.1, 0.15) is 18.9 Å². The minimum Gasteiger partial charge on any atom is -0.436 e.